The van der Waals surface area contributed by atoms with E-state index in [4.69, 9.17) is 19.2 Å². The summed E-state index contributed by atoms with van der Waals surface area (Å²) in [5.74, 6) is 2.93. The summed E-state index contributed by atoms with van der Waals surface area (Å²) in [7, 11) is 5.18. The Balaban J connectivity index is 1.73. The zero-order chi connectivity index (χ0) is 25.5. The van der Waals surface area contributed by atoms with Crippen LogP contribution in [0, 0.1) is 11.3 Å². The van der Waals surface area contributed by atoms with Crippen molar-refractivity contribution in [3.63, 3.8) is 0 Å². The zero-order valence-corrected chi connectivity index (χ0v) is 20.9. The van der Waals surface area contributed by atoms with Gasteiger partial charge in [0.2, 0.25) is 0 Å². The lowest BCUT2D eigenvalue weighted by Gasteiger charge is -2.25. The maximum absolute atomic E-state index is 9.27. The molecule has 2 aromatic heterocycles. The van der Waals surface area contributed by atoms with Crippen LogP contribution in [0.15, 0.2) is 73.2 Å². The van der Waals surface area contributed by atoms with E-state index in [0.717, 1.165) is 39.6 Å². The Kier molecular flexibility index (Phi) is 7.71. The number of rotatable bonds is 10. The van der Waals surface area contributed by atoms with Gasteiger partial charge in [-0.25, -0.2) is 4.98 Å². The van der Waals surface area contributed by atoms with E-state index >= 15 is 0 Å². The summed E-state index contributed by atoms with van der Waals surface area (Å²) in [6.45, 7) is 2.97. The summed E-state index contributed by atoms with van der Waals surface area (Å²) in [6.07, 6.45) is 4.77. The van der Waals surface area contributed by atoms with Gasteiger partial charge in [-0.2, -0.15) is 10.4 Å². The molecule has 8 nitrogen and oxygen atoms in total. The van der Waals surface area contributed by atoms with Crippen LogP contribution < -0.4 is 19.1 Å². The molecule has 0 fully saturated rings. The fraction of sp³-hybridized carbons (Fsp3) is 0.250. The first-order valence-corrected chi connectivity index (χ1v) is 11.5. The lowest BCUT2D eigenvalue weighted by atomic mass is 10.1. The van der Waals surface area contributed by atoms with E-state index in [-0.39, 0.29) is 0 Å². The van der Waals surface area contributed by atoms with E-state index in [1.165, 1.54) is 0 Å². The van der Waals surface area contributed by atoms with Gasteiger partial charge < -0.3 is 19.1 Å². The maximum Gasteiger partial charge on any atom is 0.181 e. The zero-order valence-electron chi connectivity index (χ0n) is 20.9. The average molecular weight is 484 g/mol. The predicted octanol–water partition coefficient (Wildman–Crippen LogP) is 5.00. The molecule has 1 unspecified atom stereocenters. The number of aromatic nitrogens is 3. The van der Waals surface area contributed by atoms with Crippen LogP contribution in [-0.2, 0) is 20.1 Å². The van der Waals surface area contributed by atoms with E-state index in [9.17, 15) is 5.26 Å². The molecule has 0 aliphatic heterocycles. The minimum Gasteiger partial charge on any atom is -0.497 e. The highest BCUT2D eigenvalue weighted by Crippen LogP contribution is 2.34. The fourth-order valence-electron chi connectivity index (χ4n) is 3.82. The third-order valence-corrected chi connectivity index (χ3v) is 5.74. The molecule has 0 amide bonds. The van der Waals surface area contributed by atoms with Crippen LogP contribution in [0.4, 0.5) is 5.82 Å². The summed E-state index contributed by atoms with van der Waals surface area (Å²) in [5.41, 5.74) is 3.94. The van der Waals surface area contributed by atoms with Gasteiger partial charge in [-0.3, -0.25) is 4.68 Å². The second kappa shape index (κ2) is 11.3. The van der Waals surface area contributed by atoms with Gasteiger partial charge in [0.05, 0.1) is 26.6 Å². The van der Waals surface area contributed by atoms with Gasteiger partial charge in [0, 0.05) is 37.5 Å². The van der Waals surface area contributed by atoms with Gasteiger partial charge in [0.15, 0.2) is 6.10 Å². The topological polar surface area (TPSA) is 85.4 Å². The predicted molar refractivity (Wildman–Crippen MR) is 138 cm³/mol. The molecule has 1 atom stereocenters. The van der Waals surface area contributed by atoms with Crippen molar-refractivity contribution in [3.8, 4) is 34.4 Å². The highest BCUT2D eigenvalue weighted by atomic mass is 16.5. The summed E-state index contributed by atoms with van der Waals surface area (Å²) < 4.78 is 18.2. The van der Waals surface area contributed by atoms with Crippen molar-refractivity contribution in [1.29, 1.82) is 5.26 Å². The Labute approximate surface area is 211 Å². The lowest BCUT2D eigenvalue weighted by molar-refractivity contribution is 0.276. The number of anilines is 1. The standard InChI is InChI=1S/C28H29N5O3/c1-20(14-29)36-27-16-30-28(13-26(27)23-15-31-32(2)19-23)33(17-21-5-9-24(34-3)10-6-21)18-22-7-11-25(35-4)12-8-22/h5-13,15-16,19-20H,17-18H2,1-4H3. The Morgan fingerprint density at radius 1 is 0.944 bits per heavy atom. The maximum atomic E-state index is 9.27. The number of methoxy groups -OCH3 is 2. The first-order valence-electron chi connectivity index (χ1n) is 11.5. The van der Waals surface area contributed by atoms with Gasteiger partial charge in [0.1, 0.15) is 29.1 Å². The number of hydrogen-bond donors (Lipinski definition) is 0. The van der Waals surface area contributed by atoms with Crippen LogP contribution in [0.5, 0.6) is 17.2 Å². The van der Waals surface area contributed by atoms with Crippen molar-refractivity contribution in [1.82, 2.24) is 14.8 Å². The second-order valence-corrected chi connectivity index (χ2v) is 8.38. The van der Waals surface area contributed by atoms with E-state index in [0.29, 0.717) is 18.8 Å². The molecule has 0 aliphatic carbocycles. The van der Waals surface area contributed by atoms with Gasteiger partial charge in [-0.1, -0.05) is 24.3 Å². The Hall–Kier alpha value is -4.51. The van der Waals surface area contributed by atoms with Gasteiger partial charge in [-0.05, 0) is 48.4 Å². The van der Waals surface area contributed by atoms with Crippen LogP contribution in [-0.4, -0.2) is 35.1 Å². The molecular weight excluding hydrogens is 454 g/mol. The van der Waals surface area contributed by atoms with E-state index < -0.39 is 6.10 Å². The molecule has 0 saturated carbocycles. The molecule has 36 heavy (non-hydrogen) atoms. The molecule has 0 aliphatic rings. The fourth-order valence-corrected chi connectivity index (χ4v) is 3.82. The van der Waals surface area contributed by atoms with Crippen molar-refractivity contribution < 1.29 is 14.2 Å². The quantitative estimate of drug-likeness (QED) is 0.314. The molecule has 0 radical (unpaired) electrons. The number of benzene rings is 2. The third kappa shape index (κ3) is 5.94. The summed E-state index contributed by atoms with van der Waals surface area (Å²) in [6, 6.07) is 20.1. The monoisotopic (exact) mass is 483 g/mol. The van der Waals surface area contributed by atoms with Crippen molar-refractivity contribution in [2.45, 2.75) is 26.1 Å². The average Bonchev–Trinajstić information content (AvgIpc) is 3.35. The Bertz CT molecular complexity index is 1280. The van der Waals surface area contributed by atoms with Gasteiger partial charge in [-0.15, -0.1) is 0 Å². The van der Waals surface area contributed by atoms with Gasteiger partial charge in [0.25, 0.3) is 0 Å². The Morgan fingerprint density at radius 2 is 1.53 bits per heavy atom. The van der Waals surface area contributed by atoms with E-state index in [2.05, 4.69) is 16.1 Å². The molecule has 4 aromatic rings. The first kappa shape index (κ1) is 24.6. The number of pyridine rings is 1. The van der Waals surface area contributed by atoms with E-state index in [1.54, 1.807) is 38.2 Å². The van der Waals surface area contributed by atoms with Crippen LogP contribution >= 0.6 is 0 Å². The molecule has 2 aromatic carbocycles. The highest BCUT2D eigenvalue weighted by molar-refractivity contribution is 5.72. The van der Waals surface area contributed by atoms with Gasteiger partial charge >= 0.3 is 0 Å². The summed E-state index contributed by atoms with van der Waals surface area (Å²) in [4.78, 5) is 6.93. The number of aryl methyl sites for hydroxylation is 1. The largest absolute Gasteiger partial charge is 0.497 e. The number of hydrogen-bond acceptors (Lipinski definition) is 7. The molecular formula is C28H29N5O3. The smallest absolute Gasteiger partial charge is 0.181 e. The Morgan fingerprint density at radius 3 is 2.00 bits per heavy atom. The molecule has 0 saturated heterocycles. The van der Waals surface area contributed by atoms with Crippen LogP contribution in [0.1, 0.15) is 18.1 Å². The van der Waals surface area contributed by atoms with Crippen LogP contribution in [0.3, 0.4) is 0 Å². The number of ether oxygens (including phenoxy) is 3. The van der Waals surface area contributed by atoms with Crippen LogP contribution in [0.25, 0.3) is 11.1 Å². The molecule has 184 valence electrons. The SMILES string of the molecule is COc1ccc(CN(Cc2ccc(OC)cc2)c2cc(-c3cnn(C)c3)c(OC(C)C#N)cn2)cc1. The minimum absolute atomic E-state index is 0.537. The van der Waals surface area contributed by atoms with Crippen LogP contribution in [0.2, 0.25) is 0 Å². The van der Waals surface area contributed by atoms with Crippen molar-refractivity contribution in [3.05, 3.63) is 84.3 Å². The molecule has 2 heterocycles. The summed E-state index contributed by atoms with van der Waals surface area (Å²) in [5, 5.41) is 13.6. The number of nitriles is 1. The second-order valence-electron chi connectivity index (χ2n) is 8.38. The van der Waals surface area contributed by atoms with Crippen molar-refractivity contribution >= 4 is 5.82 Å². The highest BCUT2D eigenvalue weighted by Gasteiger charge is 2.17. The minimum atomic E-state index is -0.609. The molecule has 0 spiro atoms. The molecule has 4 rings (SSSR count). The first-order chi connectivity index (χ1) is 17.5. The van der Waals surface area contributed by atoms with E-state index in [1.807, 2.05) is 67.8 Å². The number of nitrogens with zero attached hydrogens (tertiary/aromatic N) is 5. The molecule has 0 N–H and O–H groups in total. The normalized spacial score (nSPS) is 11.4. The lowest BCUT2D eigenvalue weighted by Crippen LogP contribution is -2.23. The summed E-state index contributed by atoms with van der Waals surface area (Å²) >= 11 is 0. The third-order valence-electron chi connectivity index (χ3n) is 5.74. The van der Waals surface area contributed by atoms with Crippen molar-refractivity contribution in [2.24, 2.45) is 7.05 Å². The molecule has 0 bridgehead atoms. The molecule has 8 heteroatoms. The van der Waals surface area contributed by atoms with Crippen molar-refractivity contribution in [2.75, 3.05) is 19.1 Å².